The van der Waals surface area contributed by atoms with Crippen molar-refractivity contribution in [2.24, 2.45) is 0 Å². The fraction of sp³-hybridized carbons (Fsp3) is 0.381. The highest BCUT2D eigenvalue weighted by Gasteiger charge is 2.63. The Kier molecular flexibility index (Phi) is 3.32. The first-order valence-corrected chi connectivity index (χ1v) is 9.74. The topological polar surface area (TPSA) is 69.0 Å². The quantitative estimate of drug-likeness (QED) is 0.703. The molecule has 1 saturated carbocycles. The second-order valence-electron chi connectivity index (χ2n) is 7.83. The minimum atomic E-state index is -0.728. The van der Waals surface area contributed by atoms with Crippen molar-refractivity contribution in [3.63, 3.8) is 0 Å². The van der Waals surface area contributed by atoms with Gasteiger partial charge in [0.1, 0.15) is 24.2 Å². The molecular weight excluding hydrogens is 356 g/mol. The number of fused-ring (bicyclic) bond motifs is 2. The molecule has 1 spiro atoms. The van der Waals surface area contributed by atoms with Gasteiger partial charge in [-0.25, -0.2) is 4.52 Å². The molecule has 3 fully saturated rings. The monoisotopic (exact) mass is 376 g/mol. The lowest BCUT2D eigenvalue weighted by Gasteiger charge is -2.42. The van der Waals surface area contributed by atoms with Gasteiger partial charge in [0.2, 0.25) is 5.88 Å². The van der Waals surface area contributed by atoms with Crippen molar-refractivity contribution < 1.29 is 14.3 Å². The Morgan fingerprint density at radius 3 is 2.82 bits per heavy atom. The summed E-state index contributed by atoms with van der Waals surface area (Å²) >= 11 is 0. The largest absolute Gasteiger partial charge is 0.473 e. The number of benzene rings is 1. The van der Waals surface area contributed by atoms with E-state index in [1.807, 2.05) is 41.4 Å². The third-order valence-electron chi connectivity index (χ3n) is 6.19. The number of carbonyl (C=O) groups is 1. The number of hydrogen-bond acceptors (Lipinski definition) is 5. The number of rotatable bonds is 3. The molecule has 7 heteroatoms. The van der Waals surface area contributed by atoms with Gasteiger partial charge < -0.3 is 14.4 Å². The molecular formula is C21H20N4O3. The lowest BCUT2D eigenvalue weighted by atomic mass is 9.76. The lowest BCUT2D eigenvalue weighted by Crippen LogP contribution is -2.56. The average Bonchev–Trinajstić information content (AvgIpc) is 3.38. The van der Waals surface area contributed by atoms with Crippen LogP contribution in [0.3, 0.4) is 0 Å². The van der Waals surface area contributed by atoms with E-state index in [0.717, 1.165) is 18.4 Å². The van der Waals surface area contributed by atoms with Gasteiger partial charge in [-0.3, -0.25) is 4.79 Å². The number of carbonyl (C=O) groups excluding carboxylic acids is 1. The van der Waals surface area contributed by atoms with Crippen LogP contribution in [0.4, 0.5) is 0 Å². The number of nitrogens with zero attached hydrogens (tertiary/aromatic N) is 4. The molecule has 28 heavy (non-hydrogen) atoms. The van der Waals surface area contributed by atoms with Gasteiger partial charge in [-0.05, 0) is 30.5 Å². The third-order valence-corrected chi connectivity index (χ3v) is 6.19. The van der Waals surface area contributed by atoms with Crippen molar-refractivity contribution in [3.8, 4) is 5.88 Å². The zero-order valence-corrected chi connectivity index (χ0v) is 15.3. The summed E-state index contributed by atoms with van der Waals surface area (Å²) in [4.78, 5) is 19.5. The fourth-order valence-corrected chi connectivity index (χ4v) is 4.84. The maximum atomic E-state index is 13.3. The minimum absolute atomic E-state index is 0.0762. The molecule has 1 aromatic carbocycles. The van der Waals surface area contributed by atoms with Crippen LogP contribution in [-0.2, 0) is 9.53 Å². The van der Waals surface area contributed by atoms with Crippen LogP contribution in [0.15, 0.2) is 55.0 Å². The molecule has 7 nitrogen and oxygen atoms in total. The molecule has 142 valence electrons. The maximum Gasteiger partial charge on any atom is 0.257 e. The summed E-state index contributed by atoms with van der Waals surface area (Å²) in [5.41, 5.74) is 1.28. The van der Waals surface area contributed by atoms with E-state index in [1.165, 1.54) is 11.9 Å². The van der Waals surface area contributed by atoms with E-state index in [-0.39, 0.29) is 24.3 Å². The Balaban J connectivity index is 1.19. The summed E-state index contributed by atoms with van der Waals surface area (Å²) in [7, 11) is 0. The third kappa shape index (κ3) is 2.22. The van der Waals surface area contributed by atoms with E-state index in [9.17, 15) is 4.79 Å². The van der Waals surface area contributed by atoms with E-state index in [1.54, 1.807) is 4.52 Å². The summed E-state index contributed by atoms with van der Waals surface area (Å²) < 4.78 is 14.1. The minimum Gasteiger partial charge on any atom is -0.473 e. The van der Waals surface area contributed by atoms with Crippen molar-refractivity contribution in [2.75, 3.05) is 0 Å². The van der Waals surface area contributed by atoms with Gasteiger partial charge in [-0.1, -0.05) is 30.3 Å². The maximum absolute atomic E-state index is 13.3. The molecule has 2 aliphatic heterocycles. The Morgan fingerprint density at radius 1 is 1.11 bits per heavy atom. The summed E-state index contributed by atoms with van der Waals surface area (Å²) in [5.74, 6) is 0.659. The van der Waals surface area contributed by atoms with Crippen LogP contribution < -0.4 is 4.74 Å². The van der Waals surface area contributed by atoms with Crippen molar-refractivity contribution >= 4 is 11.4 Å². The highest BCUT2D eigenvalue weighted by atomic mass is 16.6. The van der Waals surface area contributed by atoms with Crippen LogP contribution in [-0.4, -0.2) is 43.3 Å². The second-order valence-corrected chi connectivity index (χ2v) is 7.83. The Morgan fingerprint density at radius 2 is 1.96 bits per heavy atom. The smallest absolute Gasteiger partial charge is 0.257 e. The van der Waals surface area contributed by atoms with E-state index in [2.05, 4.69) is 22.2 Å². The molecule has 0 radical (unpaired) electrons. The SMILES string of the molecule is O=C1N2[C@@H](CC[C@H]2c2ccccc2)OC12CC(Oc1ncnn3cccc13)C2. The highest BCUT2D eigenvalue weighted by molar-refractivity contribution is 5.89. The molecule has 3 aliphatic rings. The van der Waals surface area contributed by atoms with Crippen molar-refractivity contribution in [1.29, 1.82) is 0 Å². The molecule has 2 aromatic heterocycles. The fourth-order valence-electron chi connectivity index (χ4n) is 4.84. The van der Waals surface area contributed by atoms with Gasteiger partial charge in [-0.2, -0.15) is 10.1 Å². The molecule has 6 rings (SSSR count). The Hall–Kier alpha value is -2.93. The zero-order chi connectivity index (χ0) is 18.7. The molecule has 1 amide bonds. The van der Waals surface area contributed by atoms with E-state index < -0.39 is 5.60 Å². The zero-order valence-electron chi connectivity index (χ0n) is 15.3. The van der Waals surface area contributed by atoms with Crippen molar-refractivity contribution in [2.45, 2.75) is 49.7 Å². The molecule has 4 heterocycles. The summed E-state index contributed by atoms with van der Waals surface area (Å²) in [6, 6.07) is 14.2. The highest BCUT2D eigenvalue weighted by Crippen LogP contribution is 2.51. The number of aromatic nitrogens is 3. The van der Waals surface area contributed by atoms with E-state index >= 15 is 0 Å². The van der Waals surface area contributed by atoms with Crippen LogP contribution in [0.1, 0.15) is 37.3 Å². The van der Waals surface area contributed by atoms with Crippen LogP contribution in [0.25, 0.3) is 5.52 Å². The molecule has 0 unspecified atom stereocenters. The predicted molar refractivity (Wildman–Crippen MR) is 99.5 cm³/mol. The molecule has 3 aromatic rings. The van der Waals surface area contributed by atoms with Gasteiger partial charge in [-0.15, -0.1) is 0 Å². The van der Waals surface area contributed by atoms with E-state index in [4.69, 9.17) is 9.47 Å². The standard InChI is InChI=1S/C21H20N4O3/c26-20-21(28-18-9-8-16(25(18)20)14-5-2-1-3-6-14)11-15(12-21)27-19-17-7-4-10-24(17)23-13-22-19/h1-7,10,13,15-16,18H,8-9,11-12H2/t15?,16-,18+,21?/m0/s1. The molecule has 1 aliphatic carbocycles. The first-order chi connectivity index (χ1) is 13.7. The van der Waals surface area contributed by atoms with E-state index in [0.29, 0.717) is 18.7 Å². The average molecular weight is 376 g/mol. The van der Waals surface area contributed by atoms with Crippen molar-refractivity contribution in [3.05, 3.63) is 60.6 Å². The Labute approximate surface area is 161 Å². The van der Waals surface area contributed by atoms with Crippen LogP contribution >= 0.6 is 0 Å². The predicted octanol–water partition coefficient (Wildman–Crippen LogP) is 2.73. The number of hydrogen-bond donors (Lipinski definition) is 0. The van der Waals surface area contributed by atoms with Gasteiger partial charge in [0.15, 0.2) is 5.60 Å². The first kappa shape index (κ1) is 16.1. The first-order valence-electron chi connectivity index (χ1n) is 9.74. The number of amides is 1. The molecule has 0 N–H and O–H groups in total. The van der Waals surface area contributed by atoms with Gasteiger partial charge in [0.05, 0.1) is 6.04 Å². The van der Waals surface area contributed by atoms with Gasteiger partial charge in [0, 0.05) is 19.0 Å². The van der Waals surface area contributed by atoms with Gasteiger partial charge in [0.25, 0.3) is 5.91 Å². The normalized spacial score (nSPS) is 31.4. The van der Waals surface area contributed by atoms with Gasteiger partial charge >= 0.3 is 0 Å². The summed E-state index contributed by atoms with van der Waals surface area (Å²) in [5, 5.41) is 4.15. The molecule has 2 saturated heterocycles. The molecule has 0 bridgehead atoms. The van der Waals surface area contributed by atoms with Crippen LogP contribution in [0, 0.1) is 0 Å². The second kappa shape index (κ2) is 5.78. The number of ether oxygens (including phenoxy) is 2. The Bertz CT molecular complexity index is 1040. The summed E-state index contributed by atoms with van der Waals surface area (Å²) in [6.45, 7) is 0. The summed E-state index contributed by atoms with van der Waals surface area (Å²) in [6.07, 6.45) is 6.11. The van der Waals surface area contributed by atoms with Crippen molar-refractivity contribution in [1.82, 2.24) is 19.5 Å². The van der Waals surface area contributed by atoms with Crippen LogP contribution in [0.2, 0.25) is 0 Å². The molecule has 2 atom stereocenters. The van der Waals surface area contributed by atoms with Crippen LogP contribution in [0.5, 0.6) is 5.88 Å². The lowest BCUT2D eigenvalue weighted by molar-refractivity contribution is -0.162.